The van der Waals surface area contributed by atoms with E-state index in [0.717, 1.165) is 18.6 Å². The lowest BCUT2D eigenvalue weighted by molar-refractivity contribution is 0.192. The van der Waals surface area contributed by atoms with Crippen LogP contribution >= 0.6 is 0 Å². The highest BCUT2D eigenvalue weighted by Gasteiger charge is 2.14. The van der Waals surface area contributed by atoms with Crippen molar-refractivity contribution in [2.24, 2.45) is 0 Å². The van der Waals surface area contributed by atoms with Gasteiger partial charge < -0.3 is 4.74 Å². The first-order chi connectivity index (χ1) is 5.36. The van der Waals surface area contributed by atoms with E-state index in [9.17, 15) is 0 Å². The zero-order valence-corrected chi connectivity index (χ0v) is 6.63. The van der Waals surface area contributed by atoms with E-state index in [1.165, 1.54) is 5.56 Å². The lowest BCUT2D eigenvalue weighted by Crippen LogP contribution is -2.18. The summed E-state index contributed by atoms with van der Waals surface area (Å²) in [4.78, 5) is 0. The van der Waals surface area contributed by atoms with Gasteiger partial charge in [-0.1, -0.05) is 12.1 Å². The van der Waals surface area contributed by atoms with Crippen molar-refractivity contribution in [1.29, 1.82) is 0 Å². The van der Waals surface area contributed by atoms with Crippen molar-refractivity contribution >= 4 is 0 Å². The van der Waals surface area contributed by atoms with Crippen LogP contribution in [0.2, 0.25) is 0 Å². The van der Waals surface area contributed by atoms with Gasteiger partial charge in [-0.15, -0.1) is 0 Å². The molecule has 1 heteroatoms. The highest BCUT2D eigenvalue weighted by atomic mass is 16.5. The van der Waals surface area contributed by atoms with E-state index in [4.69, 9.17) is 4.74 Å². The molecule has 0 bridgehead atoms. The predicted molar refractivity (Wildman–Crippen MR) is 43.7 cm³/mol. The van der Waals surface area contributed by atoms with Gasteiger partial charge >= 0.3 is 0 Å². The van der Waals surface area contributed by atoms with Gasteiger partial charge in [-0.05, 0) is 31.9 Å². The molecule has 1 aromatic rings. The maximum Gasteiger partial charge on any atom is 0.123 e. The zero-order chi connectivity index (χ0) is 7.68. The second-order valence-electron chi connectivity index (χ2n) is 2.98. The number of rotatable bonds is 0. The van der Waals surface area contributed by atoms with Crippen molar-refractivity contribution in [2.45, 2.75) is 25.9 Å². The molecule has 0 spiro atoms. The van der Waals surface area contributed by atoms with Gasteiger partial charge in [0, 0.05) is 5.56 Å². The molecule has 2 rings (SSSR count). The minimum Gasteiger partial charge on any atom is -0.490 e. The summed E-state index contributed by atoms with van der Waals surface area (Å²) >= 11 is 0. The van der Waals surface area contributed by atoms with Gasteiger partial charge in [-0.3, -0.25) is 0 Å². The van der Waals surface area contributed by atoms with Crippen molar-refractivity contribution < 1.29 is 4.74 Å². The summed E-state index contributed by atoms with van der Waals surface area (Å²) in [5.74, 6) is 1.02. The molecule has 1 heterocycles. The maximum atomic E-state index is 5.60. The topological polar surface area (TPSA) is 9.23 Å². The molecule has 1 nitrogen and oxygen atoms in total. The van der Waals surface area contributed by atoms with Crippen LogP contribution in [0.4, 0.5) is 0 Å². The fourth-order valence-electron chi connectivity index (χ4n) is 1.38. The Hall–Kier alpha value is -0.980. The van der Waals surface area contributed by atoms with Gasteiger partial charge in [0.2, 0.25) is 0 Å². The molecule has 0 aliphatic carbocycles. The van der Waals surface area contributed by atoms with Crippen LogP contribution in [0, 0.1) is 6.07 Å². The average Bonchev–Trinajstić information content (AvgIpc) is 2.04. The van der Waals surface area contributed by atoms with Crippen LogP contribution in [0.1, 0.15) is 18.9 Å². The summed E-state index contributed by atoms with van der Waals surface area (Å²) in [7, 11) is 0. The van der Waals surface area contributed by atoms with Crippen LogP contribution in [-0.4, -0.2) is 6.10 Å². The molecule has 1 unspecified atom stereocenters. The molecule has 0 fully saturated rings. The van der Waals surface area contributed by atoms with Crippen LogP contribution in [0.25, 0.3) is 0 Å². The molecule has 0 N–H and O–H groups in total. The van der Waals surface area contributed by atoms with E-state index >= 15 is 0 Å². The summed E-state index contributed by atoms with van der Waals surface area (Å²) in [6.45, 7) is 2.11. The van der Waals surface area contributed by atoms with Crippen molar-refractivity contribution in [1.82, 2.24) is 0 Å². The predicted octanol–water partition coefficient (Wildman–Crippen LogP) is 2.20. The zero-order valence-electron chi connectivity index (χ0n) is 6.63. The molecular weight excluding hydrogens is 136 g/mol. The molecule has 57 valence electrons. The summed E-state index contributed by atoms with van der Waals surface area (Å²) in [6, 6.07) is 9.11. The first kappa shape index (κ1) is 6.71. The molecule has 1 aliphatic heterocycles. The third-order valence-corrected chi connectivity index (χ3v) is 2.03. The smallest absolute Gasteiger partial charge is 0.123 e. The second-order valence-corrected chi connectivity index (χ2v) is 2.98. The highest BCUT2D eigenvalue weighted by molar-refractivity contribution is 5.33. The minimum atomic E-state index is 0.373. The van der Waals surface area contributed by atoms with Crippen LogP contribution < -0.4 is 4.74 Å². The Bertz CT molecular complexity index is 255. The third kappa shape index (κ3) is 1.23. The summed E-state index contributed by atoms with van der Waals surface area (Å²) in [6.07, 6.45) is 2.60. The summed E-state index contributed by atoms with van der Waals surface area (Å²) in [5, 5.41) is 0. The average molecular weight is 147 g/mol. The third-order valence-electron chi connectivity index (χ3n) is 2.03. The van der Waals surface area contributed by atoms with E-state index in [1.54, 1.807) is 0 Å². The van der Waals surface area contributed by atoms with Gasteiger partial charge in [0.05, 0.1) is 6.10 Å². The Morgan fingerprint density at radius 2 is 2.55 bits per heavy atom. The van der Waals surface area contributed by atoms with Crippen molar-refractivity contribution in [3.05, 3.63) is 29.8 Å². The van der Waals surface area contributed by atoms with Crippen LogP contribution in [0.15, 0.2) is 18.2 Å². The standard InChI is InChI=1S/C10H11O/c1-8-6-7-9-4-2-3-5-10(9)11-8/h2-3,5,8H,6-7H2,1H3. The number of hydrogen-bond acceptors (Lipinski definition) is 1. The largest absolute Gasteiger partial charge is 0.490 e. The van der Waals surface area contributed by atoms with Crippen LogP contribution in [0.3, 0.4) is 0 Å². The molecular formula is C10H11O. The molecule has 1 radical (unpaired) electrons. The highest BCUT2D eigenvalue weighted by Crippen LogP contribution is 2.25. The Balaban J connectivity index is 2.34. The molecule has 0 amide bonds. The Morgan fingerprint density at radius 3 is 3.45 bits per heavy atom. The van der Waals surface area contributed by atoms with E-state index in [2.05, 4.69) is 13.0 Å². The van der Waals surface area contributed by atoms with E-state index in [1.807, 2.05) is 18.2 Å². The second kappa shape index (κ2) is 2.57. The Kier molecular flexibility index (Phi) is 1.57. The minimum absolute atomic E-state index is 0.373. The molecule has 0 aromatic heterocycles. The van der Waals surface area contributed by atoms with Gasteiger partial charge in [-0.25, -0.2) is 0 Å². The van der Waals surface area contributed by atoms with E-state index in [-0.39, 0.29) is 0 Å². The SMILES string of the molecule is CC1CCc2[c]cccc2O1. The summed E-state index contributed by atoms with van der Waals surface area (Å²) in [5.41, 5.74) is 1.23. The fourth-order valence-corrected chi connectivity index (χ4v) is 1.38. The van der Waals surface area contributed by atoms with Crippen LogP contribution in [-0.2, 0) is 6.42 Å². The lowest BCUT2D eigenvalue weighted by atomic mass is 10.0. The van der Waals surface area contributed by atoms with Gasteiger partial charge in [0.15, 0.2) is 0 Å². The van der Waals surface area contributed by atoms with Crippen molar-refractivity contribution in [3.63, 3.8) is 0 Å². The van der Waals surface area contributed by atoms with E-state index < -0.39 is 0 Å². The number of ether oxygens (including phenoxy) is 1. The monoisotopic (exact) mass is 147 g/mol. The first-order valence-corrected chi connectivity index (χ1v) is 4.02. The number of hydrogen-bond donors (Lipinski definition) is 0. The number of fused-ring (bicyclic) bond motifs is 1. The van der Waals surface area contributed by atoms with Gasteiger partial charge in [0.1, 0.15) is 5.75 Å². The fraction of sp³-hybridized carbons (Fsp3) is 0.400. The Labute approximate surface area is 67.0 Å². The Morgan fingerprint density at radius 1 is 1.64 bits per heavy atom. The lowest BCUT2D eigenvalue weighted by Gasteiger charge is -2.22. The normalized spacial score (nSPS) is 22.1. The van der Waals surface area contributed by atoms with Crippen molar-refractivity contribution in [3.8, 4) is 5.75 Å². The molecule has 11 heavy (non-hydrogen) atoms. The molecule has 1 aromatic carbocycles. The molecule has 1 aliphatic rings. The summed E-state index contributed by atoms with van der Waals surface area (Å²) < 4.78 is 5.60. The maximum absolute atomic E-state index is 5.60. The number of aryl methyl sites for hydroxylation is 1. The first-order valence-electron chi connectivity index (χ1n) is 4.02. The number of benzene rings is 1. The molecule has 0 saturated carbocycles. The van der Waals surface area contributed by atoms with Crippen LogP contribution in [0.5, 0.6) is 5.75 Å². The van der Waals surface area contributed by atoms with Gasteiger partial charge in [-0.2, -0.15) is 0 Å². The van der Waals surface area contributed by atoms with E-state index in [0.29, 0.717) is 6.10 Å². The molecule has 0 saturated heterocycles. The molecule has 1 atom stereocenters. The van der Waals surface area contributed by atoms with Crippen molar-refractivity contribution in [2.75, 3.05) is 0 Å². The quantitative estimate of drug-likeness (QED) is 0.546. The van der Waals surface area contributed by atoms with Gasteiger partial charge in [0.25, 0.3) is 0 Å².